The van der Waals surface area contributed by atoms with Gasteiger partial charge in [-0.2, -0.15) is 0 Å². The van der Waals surface area contributed by atoms with Crippen molar-refractivity contribution in [1.29, 1.82) is 0 Å². The smallest absolute Gasteiger partial charge is 0.180 e. The minimum atomic E-state index is -0.304. The molecule has 1 heterocycles. The van der Waals surface area contributed by atoms with E-state index in [0.29, 0.717) is 10.2 Å². The molecule has 15 heavy (non-hydrogen) atoms. The minimum absolute atomic E-state index is 0.304. The highest BCUT2D eigenvalue weighted by Crippen LogP contribution is 2.47. The Balaban J connectivity index is 2.03. The third-order valence-corrected chi connectivity index (χ3v) is 4.88. The van der Waals surface area contributed by atoms with Crippen molar-refractivity contribution in [2.45, 2.75) is 50.6 Å². The Morgan fingerprint density at radius 3 is 2.27 bits per heavy atom. The molecule has 1 aliphatic carbocycles. The number of halogens is 1. The molecule has 0 amide bonds. The van der Waals surface area contributed by atoms with Gasteiger partial charge in [0.05, 0.1) is 18.0 Å². The van der Waals surface area contributed by atoms with Crippen LogP contribution >= 0.6 is 15.9 Å². The van der Waals surface area contributed by atoms with Gasteiger partial charge in [0.1, 0.15) is 0 Å². The lowest BCUT2D eigenvalue weighted by atomic mass is 9.71. The van der Waals surface area contributed by atoms with Crippen LogP contribution in [0.2, 0.25) is 0 Å². The Labute approximate surface area is 101 Å². The molecule has 0 radical (unpaired) electrons. The van der Waals surface area contributed by atoms with Gasteiger partial charge in [0.15, 0.2) is 5.79 Å². The summed E-state index contributed by atoms with van der Waals surface area (Å²) in [4.78, 5) is 0.352. The van der Waals surface area contributed by atoms with Crippen LogP contribution in [0.4, 0.5) is 0 Å². The molecule has 0 bridgehead atoms. The summed E-state index contributed by atoms with van der Waals surface area (Å²) >= 11 is 3.76. The molecule has 2 unspecified atom stereocenters. The maximum Gasteiger partial charge on any atom is 0.180 e. The normalized spacial score (nSPS) is 36.0. The predicted molar refractivity (Wildman–Crippen MR) is 64.1 cm³/mol. The van der Waals surface area contributed by atoms with E-state index in [0.717, 1.165) is 32.0 Å². The third-order valence-electron chi connectivity index (χ3n) is 3.81. The fraction of sp³-hybridized carbons (Fsp3) is 1.00. The fourth-order valence-corrected chi connectivity index (χ4v) is 3.61. The van der Waals surface area contributed by atoms with Crippen molar-refractivity contribution in [2.75, 3.05) is 13.2 Å². The summed E-state index contributed by atoms with van der Waals surface area (Å²) in [5.74, 6) is 0.460. The Morgan fingerprint density at radius 1 is 1.20 bits per heavy atom. The molecular weight excluding hydrogens is 256 g/mol. The highest BCUT2D eigenvalue weighted by molar-refractivity contribution is 9.09. The van der Waals surface area contributed by atoms with Crippen molar-refractivity contribution < 1.29 is 9.47 Å². The van der Waals surface area contributed by atoms with Crippen LogP contribution in [0, 0.1) is 11.3 Å². The minimum Gasteiger partial charge on any atom is -0.346 e. The van der Waals surface area contributed by atoms with Crippen molar-refractivity contribution in [1.82, 2.24) is 0 Å². The molecule has 1 saturated carbocycles. The van der Waals surface area contributed by atoms with Gasteiger partial charge in [0.2, 0.25) is 0 Å². The van der Waals surface area contributed by atoms with Gasteiger partial charge in [-0.05, 0) is 24.2 Å². The van der Waals surface area contributed by atoms with E-state index in [-0.39, 0.29) is 5.79 Å². The Kier molecular flexibility index (Phi) is 3.17. The van der Waals surface area contributed by atoms with Crippen LogP contribution < -0.4 is 0 Å². The standard InChI is InChI=1S/C12H21BrO2/c1-11(2,3)9-4-5-12(10(13)8-9)14-6-7-15-12/h9-10H,4-8H2,1-3H3. The molecule has 1 aliphatic heterocycles. The lowest BCUT2D eigenvalue weighted by Crippen LogP contribution is -2.46. The van der Waals surface area contributed by atoms with E-state index in [9.17, 15) is 0 Å². The monoisotopic (exact) mass is 276 g/mol. The average Bonchev–Trinajstić information content (AvgIpc) is 2.58. The summed E-state index contributed by atoms with van der Waals surface area (Å²) in [5.41, 5.74) is 0.395. The zero-order valence-corrected chi connectivity index (χ0v) is 11.5. The van der Waals surface area contributed by atoms with E-state index in [1.807, 2.05) is 0 Å². The lowest BCUT2D eigenvalue weighted by Gasteiger charge is -2.44. The van der Waals surface area contributed by atoms with Crippen LogP contribution in [0.25, 0.3) is 0 Å². The number of alkyl halides is 1. The summed E-state index contributed by atoms with van der Waals surface area (Å²) in [6, 6.07) is 0. The number of ether oxygens (including phenoxy) is 2. The maximum absolute atomic E-state index is 5.79. The van der Waals surface area contributed by atoms with Gasteiger partial charge in [-0.25, -0.2) is 0 Å². The first-order valence-corrected chi connectivity index (χ1v) is 6.78. The Bertz CT molecular complexity index is 228. The first kappa shape index (κ1) is 11.9. The molecule has 0 aromatic heterocycles. The summed E-state index contributed by atoms with van der Waals surface area (Å²) in [5, 5.41) is 0. The van der Waals surface area contributed by atoms with Crippen molar-refractivity contribution in [3.8, 4) is 0 Å². The number of hydrogen-bond donors (Lipinski definition) is 0. The largest absolute Gasteiger partial charge is 0.346 e. The van der Waals surface area contributed by atoms with Gasteiger partial charge < -0.3 is 9.47 Å². The van der Waals surface area contributed by atoms with Crippen molar-refractivity contribution in [3.05, 3.63) is 0 Å². The number of hydrogen-bond acceptors (Lipinski definition) is 2. The van der Waals surface area contributed by atoms with Crippen LogP contribution in [0.5, 0.6) is 0 Å². The molecule has 0 aromatic rings. The fourth-order valence-electron chi connectivity index (χ4n) is 2.66. The number of rotatable bonds is 0. The van der Waals surface area contributed by atoms with E-state index in [2.05, 4.69) is 36.7 Å². The molecule has 2 atom stereocenters. The van der Waals surface area contributed by atoms with Crippen molar-refractivity contribution in [2.24, 2.45) is 11.3 Å². The molecule has 0 N–H and O–H groups in total. The van der Waals surface area contributed by atoms with Gasteiger partial charge in [-0.15, -0.1) is 0 Å². The van der Waals surface area contributed by atoms with Crippen LogP contribution in [0.15, 0.2) is 0 Å². The third kappa shape index (κ3) is 2.25. The van der Waals surface area contributed by atoms with Crippen LogP contribution in [-0.4, -0.2) is 23.8 Å². The van der Waals surface area contributed by atoms with Crippen LogP contribution in [0.1, 0.15) is 40.0 Å². The van der Waals surface area contributed by atoms with E-state index in [1.54, 1.807) is 0 Å². The summed E-state index contributed by atoms with van der Waals surface area (Å²) in [6.07, 6.45) is 3.40. The van der Waals surface area contributed by atoms with Gasteiger partial charge in [0.25, 0.3) is 0 Å². The van der Waals surface area contributed by atoms with Gasteiger partial charge >= 0.3 is 0 Å². The molecule has 1 saturated heterocycles. The molecule has 2 aliphatic rings. The van der Waals surface area contributed by atoms with E-state index < -0.39 is 0 Å². The van der Waals surface area contributed by atoms with E-state index >= 15 is 0 Å². The lowest BCUT2D eigenvalue weighted by molar-refractivity contribution is -0.180. The second-order valence-corrected chi connectivity index (χ2v) is 6.92. The molecule has 3 heteroatoms. The van der Waals surface area contributed by atoms with Crippen LogP contribution in [0.3, 0.4) is 0 Å². The van der Waals surface area contributed by atoms with Crippen LogP contribution in [-0.2, 0) is 9.47 Å². The SMILES string of the molecule is CC(C)(C)C1CCC2(OCCO2)C(Br)C1. The topological polar surface area (TPSA) is 18.5 Å². The Morgan fingerprint density at radius 2 is 1.80 bits per heavy atom. The van der Waals surface area contributed by atoms with Crippen molar-refractivity contribution in [3.63, 3.8) is 0 Å². The second-order valence-electron chi connectivity index (χ2n) is 5.81. The Hall–Kier alpha value is 0.400. The van der Waals surface area contributed by atoms with Gasteiger partial charge in [-0.3, -0.25) is 0 Å². The van der Waals surface area contributed by atoms with E-state index in [1.165, 1.54) is 6.42 Å². The van der Waals surface area contributed by atoms with Gasteiger partial charge in [-0.1, -0.05) is 36.7 Å². The van der Waals surface area contributed by atoms with Gasteiger partial charge in [0, 0.05) is 6.42 Å². The molecule has 0 aromatic carbocycles. The maximum atomic E-state index is 5.79. The molecule has 2 nitrogen and oxygen atoms in total. The average molecular weight is 277 g/mol. The van der Waals surface area contributed by atoms with Crippen molar-refractivity contribution >= 4 is 15.9 Å². The first-order valence-electron chi connectivity index (χ1n) is 5.86. The second kappa shape index (κ2) is 4.01. The predicted octanol–water partition coefficient (Wildman–Crippen LogP) is 3.34. The molecule has 1 spiro atoms. The zero-order valence-electron chi connectivity index (χ0n) is 9.88. The molecule has 88 valence electrons. The van der Waals surface area contributed by atoms with E-state index in [4.69, 9.17) is 9.47 Å². The zero-order chi connectivity index (χ0) is 11.1. The highest BCUT2D eigenvalue weighted by atomic mass is 79.9. The first-order chi connectivity index (χ1) is 6.94. The summed E-state index contributed by atoms with van der Waals surface area (Å²) in [7, 11) is 0. The quantitative estimate of drug-likeness (QED) is 0.632. The molecular formula is C12H21BrO2. The summed E-state index contributed by atoms with van der Waals surface area (Å²) in [6.45, 7) is 8.48. The molecule has 2 rings (SSSR count). The summed E-state index contributed by atoms with van der Waals surface area (Å²) < 4.78 is 11.6. The molecule has 2 fully saturated rings. The highest BCUT2D eigenvalue weighted by Gasteiger charge is 2.48.